The summed E-state index contributed by atoms with van der Waals surface area (Å²) in [6.45, 7) is -0.290. The van der Waals surface area contributed by atoms with E-state index >= 15 is 0 Å². The molecule has 0 radical (unpaired) electrons. The number of ether oxygens (including phenoxy) is 1. The van der Waals surface area contributed by atoms with Gasteiger partial charge in [0.25, 0.3) is 6.43 Å². The number of nitrogens with two attached hydrogens (primary N) is 1. The highest BCUT2D eigenvalue weighted by Crippen LogP contribution is 2.30. The van der Waals surface area contributed by atoms with Crippen molar-refractivity contribution in [3.8, 4) is 0 Å². The Labute approximate surface area is 100 Å². The fourth-order valence-electron chi connectivity index (χ4n) is 2.41. The molecule has 1 saturated carbocycles. The highest BCUT2D eigenvalue weighted by molar-refractivity contribution is 5.80. The second-order valence-corrected chi connectivity index (χ2v) is 4.73. The molecule has 0 aromatic rings. The van der Waals surface area contributed by atoms with Gasteiger partial charge < -0.3 is 10.5 Å². The van der Waals surface area contributed by atoms with Gasteiger partial charge in [-0.15, -0.1) is 0 Å². The zero-order chi connectivity index (χ0) is 13.1. The number of esters is 1. The van der Waals surface area contributed by atoms with Crippen LogP contribution in [0, 0.1) is 0 Å². The molecule has 0 heterocycles. The van der Waals surface area contributed by atoms with Crippen molar-refractivity contribution in [2.75, 3.05) is 20.7 Å². The predicted octanol–water partition coefficient (Wildman–Crippen LogP) is 0.996. The zero-order valence-electron chi connectivity index (χ0n) is 10.3. The van der Waals surface area contributed by atoms with E-state index in [1.165, 1.54) is 7.11 Å². The number of carbonyl (C=O) groups excluding carboxylic acids is 1. The van der Waals surface area contributed by atoms with Gasteiger partial charge in [0.15, 0.2) is 0 Å². The Bertz CT molecular complexity index is 276. The third-order valence-corrected chi connectivity index (χ3v) is 3.40. The third-order valence-electron chi connectivity index (χ3n) is 3.40. The molecule has 0 aromatic carbocycles. The van der Waals surface area contributed by atoms with Gasteiger partial charge in [-0.2, -0.15) is 0 Å². The Morgan fingerprint density at radius 3 is 2.82 bits per heavy atom. The summed E-state index contributed by atoms with van der Waals surface area (Å²) in [6, 6.07) is -0.0816. The predicted molar refractivity (Wildman–Crippen MR) is 59.8 cm³/mol. The minimum absolute atomic E-state index is 0.0816. The topological polar surface area (TPSA) is 55.6 Å². The van der Waals surface area contributed by atoms with Gasteiger partial charge in [0, 0.05) is 6.04 Å². The molecule has 2 unspecified atom stereocenters. The number of halogens is 2. The quantitative estimate of drug-likeness (QED) is 0.756. The lowest BCUT2D eigenvalue weighted by Gasteiger charge is -2.39. The van der Waals surface area contributed by atoms with Gasteiger partial charge in [-0.05, 0) is 32.7 Å². The van der Waals surface area contributed by atoms with E-state index < -0.39 is 17.9 Å². The molecule has 4 nitrogen and oxygen atoms in total. The molecule has 1 rings (SSSR count). The summed E-state index contributed by atoms with van der Waals surface area (Å²) in [4.78, 5) is 13.1. The number of alkyl halides is 2. The molecular weight excluding hydrogens is 230 g/mol. The lowest BCUT2D eigenvalue weighted by atomic mass is 9.79. The van der Waals surface area contributed by atoms with Crippen molar-refractivity contribution in [2.24, 2.45) is 5.73 Å². The van der Waals surface area contributed by atoms with E-state index in [1.807, 2.05) is 0 Å². The van der Waals surface area contributed by atoms with Gasteiger partial charge in [-0.3, -0.25) is 9.69 Å². The minimum atomic E-state index is -2.37. The highest BCUT2D eigenvalue weighted by Gasteiger charge is 2.41. The summed E-state index contributed by atoms with van der Waals surface area (Å²) in [5, 5.41) is 0. The van der Waals surface area contributed by atoms with Crippen molar-refractivity contribution >= 4 is 5.97 Å². The second kappa shape index (κ2) is 5.73. The normalized spacial score (nSPS) is 29.7. The van der Waals surface area contributed by atoms with Crippen LogP contribution in [0.25, 0.3) is 0 Å². The fourth-order valence-corrected chi connectivity index (χ4v) is 2.41. The summed E-state index contributed by atoms with van der Waals surface area (Å²) in [5.41, 5.74) is 4.96. The molecule has 0 bridgehead atoms. The molecule has 0 amide bonds. The molecule has 100 valence electrons. The van der Waals surface area contributed by atoms with Crippen LogP contribution in [0.15, 0.2) is 0 Å². The maximum Gasteiger partial charge on any atom is 0.325 e. The van der Waals surface area contributed by atoms with Crippen molar-refractivity contribution in [2.45, 2.75) is 43.7 Å². The second-order valence-electron chi connectivity index (χ2n) is 4.73. The van der Waals surface area contributed by atoms with Crippen LogP contribution in [0.1, 0.15) is 25.7 Å². The maximum atomic E-state index is 12.3. The molecule has 0 spiro atoms. The van der Waals surface area contributed by atoms with E-state index in [4.69, 9.17) is 5.73 Å². The van der Waals surface area contributed by atoms with Gasteiger partial charge in [-0.25, -0.2) is 8.78 Å². The van der Waals surface area contributed by atoms with Crippen LogP contribution in [0.5, 0.6) is 0 Å². The molecule has 1 aliphatic rings. The molecule has 0 saturated heterocycles. The monoisotopic (exact) mass is 250 g/mol. The van der Waals surface area contributed by atoms with Crippen LogP contribution < -0.4 is 5.73 Å². The summed E-state index contributed by atoms with van der Waals surface area (Å²) in [5.74, 6) is -0.451. The van der Waals surface area contributed by atoms with Gasteiger partial charge in [0.1, 0.15) is 5.54 Å². The number of hydrogen-bond acceptors (Lipinski definition) is 4. The number of carbonyl (C=O) groups is 1. The van der Waals surface area contributed by atoms with Crippen molar-refractivity contribution in [1.82, 2.24) is 4.90 Å². The number of methoxy groups -OCH3 is 1. The van der Waals surface area contributed by atoms with E-state index in [-0.39, 0.29) is 12.6 Å². The van der Waals surface area contributed by atoms with E-state index in [0.717, 1.165) is 12.8 Å². The van der Waals surface area contributed by atoms with Crippen LogP contribution in [-0.4, -0.2) is 49.6 Å². The maximum absolute atomic E-state index is 12.3. The van der Waals surface area contributed by atoms with E-state index in [2.05, 4.69) is 4.74 Å². The SMILES string of the molecule is COC(=O)C1(N)CCCC(N(C)CC(F)F)C1. The largest absolute Gasteiger partial charge is 0.468 e. The van der Waals surface area contributed by atoms with Crippen LogP contribution in [-0.2, 0) is 9.53 Å². The first kappa shape index (κ1) is 14.3. The summed E-state index contributed by atoms with van der Waals surface area (Å²) < 4.78 is 29.3. The van der Waals surface area contributed by atoms with Gasteiger partial charge in [0.2, 0.25) is 0 Å². The van der Waals surface area contributed by atoms with E-state index in [0.29, 0.717) is 12.8 Å². The average molecular weight is 250 g/mol. The molecule has 6 heteroatoms. The zero-order valence-corrected chi connectivity index (χ0v) is 10.3. The number of rotatable bonds is 4. The molecule has 2 N–H and O–H groups in total. The van der Waals surface area contributed by atoms with Crippen LogP contribution in [0.2, 0.25) is 0 Å². The lowest BCUT2D eigenvalue weighted by Crippen LogP contribution is -2.56. The Balaban J connectivity index is 2.62. The third kappa shape index (κ3) is 3.61. The Morgan fingerprint density at radius 1 is 1.65 bits per heavy atom. The van der Waals surface area contributed by atoms with E-state index in [9.17, 15) is 13.6 Å². The molecule has 2 atom stereocenters. The fraction of sp³-hybridized carbons (Fsp3) is 0.909. The Hall–Kier alpha value is -0.750. The average Bonchev–Trinajstić information content (AvgIpc) is 2.27. The minimum Gasteiger partial charge on any atom is -0.468 e. The van der Waals surface area contributed by atoms with Crippen LogP contribution >= 0.6 is 0 Å². The number of hydrogen-bond donors (Lipinski definition) is 1. The summed E-state index contributed by atoms with van der Waals surface area (Å²) in [6.07, 6.45) is 0.108. The number of nitrogens with zero attached hydrogens (tertiary/aromatic N) is 1. The smallest absolute Gasteiger partial charge is 0.325 e. The summed E-state index contributed by atoms with van der Waals surface area (Å²) >= 11 is 0. The van der Waals surface area contributed by atoms with Gasteiger partial charge in [0.05, 0.1) is 13.7 Å². The molecule has 17 heavy (non-hydrogen) atoms. The van der Waals surface area contributed by atoms with Crippen molar-refractivity contribution < 1.29 is 18.3 Å². The van der Waals surface area contributed by atoms with Crippen molar-refractivity contribution in [1.29, 1.82) is 0 Å². The molecule has 0 aromatic heterocycles. The standard InChI is InChI=1S/C11H20F2N2O2/c1-15(7-9(12)13)8-4-3-5-11(14,6-8)10(16)17-2/h8-9H,3-7,14H2,1-2H3. The molecule has 1 fully saturated rings. The first-order chi connectivity index (χ1) is 7.89. The van der Waals surface area contributed by atoms with Crippen LogP contribution in [0.4, 0.5) is 8.78 Å². The molecule has 0 aliphatic heterocycles. The van der Waals surface area contributed by atoms with E-state index in [1.54, 1.807) is 11.9 Å². The van der Waals surface area contributed by atoms with Crippen LogP contribution in [0.3, 0.4) is 0 Å². The summed E-state index contributed by atoms with van der Waals surface area (Å²) in [7, 11) is 2.93. The Kier molecular flexibility index (Phi) is 4.82. The first-order valence-electron chi connectivity index (χ1n) is 5.75. The first-order valence-corrected chi connectivity index (χ1v) is 5.75. The Morgan fingerprint density at radius 2 is 2.29 bits per heavy atom. The van der Waals surface area contributed by atoms with Gasteiger partial charge in [-0.1, -0.05) is 0 Å². The molecular formula is C11H20F2N2O2. The van der Waals surface area contributed by atoms with Crippen molar-refractivity contribution in [3.63, 3.8) is 0 Å². The van der Waals surface area contributed by atoms with Gasteiger partial charge >= 0.3 is 5.97 Å². The molecule has 1 aliphatic carbocycles. The van der Waals surface area contributed by atoms with Crippen molar-refractivity contribution in [3.05, 3.63) is 0 Å². The lowest BCUT2D eigenvalue weighted by molar-refractivity contribution is -0.149. The highest BCUT2D eigenvalue weighted by atomic mass is 19.3.